The largest absolute Gasteiger partial charge is 0.392 e. The molecular formula is C20H32O. The number of fused-ring (bicyclic) bond motifs is 3. The van der Waals surface area contributed by atoms with E-state index in [0.717, 1.165) is 12.8 Å². The van der Waals surface area contributed by atoms with Gasteiger partial charge in [-0.2, -0.15) is 0 Å². The molecule has 2 saturated carbocycles. The van der Waals surface area contributed by atoms with E-state index >= 15 is 0 Å². The number of aliphatic hydroxyl groups excluding tert-OH is 1. The summed E-state index contributed by atoms with van der Waals surface area (Å²) >= 11 is 0. The predicted molar refractivity (Wildman–Crippen MR) is 89.0 cm³/mol. The van der Waals surface area contributed by atoms with Gasteiger partial charge in [0.2, 0.25) is 0 Å². The highest BCUT2D eigenvalue weighted by Gasteiger charge is 2.54. The van der Waals surface area contributed by atoms with E-state index in [1.165, 1.54) is 37.7 Å². The first kappa shape index (κ1) is 15.3. The number of allylic oxidation sites excluding steroid dienone is 2. The van der Waals surface area contributed by atoms with Crippen LogP contribution in [0.3, 0.4) is 0 Å². The van der Waals surface area contributed by atoms with Crippen LogP contribution in [0.15, 0.2) is 23.3 Å². The molecule has 21 heavy (non-hydrogen) atoms. The fourth-order valence-electron chi connectivity index (χ4n) is 5.45. The second-order valence-electron chi connectivity index (χ2n) is 8.72. The van der Waals surface area contributed by atoms with Crippen LogP contribution in [0.2, 0.25) is 0 Å². The molecular weight excluding hydrogens is 256 g/mol. The Hall–Kier alpha value is -0.560. The van der Waals surface area contributed by atoms with E-state index in [9.17, 15) is 5.11 Å². The molecule has 0 amide bonds. The molecule has 0 aliphatic heterocycles. The van der Waals surface area contributed by atoms with Gasteiger partial charge in [0.05, 0.1) is 6.10 Å². The second-order valence-corrected chi connectivity index (χ2v) is 8.72. The molecule has 3 aliphatic rings. The maximum Gasteiger partial charge on any atom is 0.0636 e. The lowest BCUT2D eigenvalue weighted by Crippen LogP contribution is -2.46. The quantitative estimate of drug-likeness (QED) is 0.653. The molecule has 0 saturated heterocycles. The molecule has 0 spiro atoms. The molecule has 0 aromatic carbocycles. The summed E-state index contributed by atoms with van der Waals surface area (Å²) < 4.78 is 0. The summed E-state index contributed by atoms with van der Waals surface area (Å²) in [5.74, 6) is 1.23. The monoisotopic (exact) mass is 288 g/mol. The minimum atomic E-state index is -0.205. The van der Waals surface area contributed by atoms with Gasteiger partial charge in [-0.05, 0) is 62.2 Å². The van der Waals surface area contributed by atoms with E-state index in [4.69, 9.17) is 0 Å². The van der Waals surface area contributed by atoms with Crippen molar-refractivity contribution >= 4 is 0 Å². The lowest BCUT2D eigenvalue weighted by atomic mass is 9.54. The Kier molecular flexibility index (Phi) is 3.64. The molecule has 0 aromatic rings. The third-order valence-electron chi connectivity index (χ3n) is 7.03. The van der Waals surface area contributed by atoms with Gasteiger partial charge in [0.1, 0.15) is 0 Å². The van der Waals surface area contributed by atoms with Crippen molar-refractivity contribution < 1.29 is 5.11 Å². The highest BCUT2D eigenvalue weighted by Crippen LogP contribution is 2.63. The van der Waals surface area contributed by atoms with E-state index in [-0.39, 0.29) is 11.5 Å². The molecule has 0 unspecified atom stereocenters. The third kappa shape index (κ3) is 2.23. The minimum Gasteiger partial charge on any atom is -0.392 e. The Labute approximate surface area is 130 Å². The van der Waals surface area contributed by atoms with Crippen LogP contribution in [0.5, 0.6) is 0 Å². The van der Waals surface area contributed by atoms with Gasteiger partial charge in [-0.1, -0.05) is 51.0 Å². The van der Waals surface area contributed by atoms with Crippen molar-refractivity contribution in [1.82, 2.24) is 0 Å². The van der Waals surface area contributed by atoms with Crippen LogP contribution < -0.4 is 0 Å². The first-order chi connectivity index (χ1) is 9.78. The Balaban J connectivity index is 2.09. The maximum atomic E-state index is 10.9. The van der Waals surface area contributed by atoms with Crippen molar-refractivity contribution in [1.29, 1.82) is 0 Å². The van der Waals surface area contributed by atoms with Crippen LogP contribution in [0, 0.1) is 22.7 Å². The first-order valence-corrected chi connectivity index (χ1v) is 8.86. The molecule has 4 atom stereocenters. The van der Waals surface area contributed by atoms with E-state index in [0.29, 0.717) is 17.3 Å². The summed E-state index contributed by atoms with van der Waals surface area (Å²) in [5.41, 5.74) is 5.20. The average molecular weight is 288 g/mol. The second kappa shape index (κ2) is 4.98. The van der Waals surface area contributed by atoms with Gasteiger partial charge < -0.3 is 5.11 Å². The van der Waals surface area contributed by atoms with E-state index < -0.39 is 0 Å². The van der Waals surface area contributed by atoms with Crippen molar-refractivity contribution in [3.63, 3.8) is 0 Å². The first-order valence-electron chi connectivity index (χ1n) is 8.86. The molecule has 0 bridgehead atoms. The zero-order valence-corrected chi connectivity index (χ0v) is 14.3. The molecule has 118 valence electrons. The van der Waals surface area contributed by atoms with Gasteiger partial charge in [0.25, 0.3) is 0 Å². The van der Waals surface area contributed by atoms with E-state index in [1.54, 1.807) is 11.1 Å². The topological polar surface area (TPSA) is 20.2 Å². The third-order valence-corrected chi connectivity index (χ3v) is 7.03. The van der Waals surface area contributed by atoms with E-state index in [1.807, 2.05) is 0 Å². The van der Waals surface area contributed by atoms with Crippen molar-refractivity contribution in [3.05, 3.63) is 23.3 Å². The number of rotatable bonds is 1. The standard InChI is InChI=1S/C20H32O/c1-13(2)15-8-9-19(4)10-11-20(5)16(18(15)19)7-6-14(3)12-17(20)21/h13,16-17,21H,3,6-12H2,1-2,4-5H3/t16-,17+,19+,20+/m0/s1. The zero-order chi connectivity index (χ0) is 15.4. The van der Waals surface area contributed by atoms with Gasteiger partial charge in [0.15, 0.2) is 0 Å². The predicted octanol–water partition coefficient (Wildman–Crippen LogP) is 5.26. The normalized spacial score (nSPS) is 43.8. The molecule has 1 nitrogen and oxygen atoms in total. The number of aliphatic hydroxyl groups is 1. The van der Waals surface area contributed by atoms with Gasteiger partial charge in [-0.3, -0.25) is 0 Å². The van der Waals surface area contributed by atoms with Crippen molar-refractivity contribution in [2.45, 2.75) is 78.7 Å². The molecule has 1 N–H and O–H groups in total. The van der Waals surface area contributed by atoms with Crippen molar-refractivity contribution in [2.24, 2.45) is 22.7 Å². The number of hydrogen-bond acceptors (Lipinski definition) is 1. The van der Waals surface area contributed by atoms with E-state index in [2.05, 4.69) is 34.3 Å². The summed E-state index contributed by atoms with van der Waals surface area (Å²) in [7, 11) is 0. The van der Waals surface area contributed by atoms with Crippen LogP contribution in [0.1, 0.15) is 72.6 Å². The summed E-state index contributed by atoms with van der Waals surface area (Å²) in [6, 6.07) is 0. The molecule has 0 radical (unpaired) electrons. The molecule has 3 rings (SSSR count). The molecule has 0 aromatic heterocycles. The highest BCUT2D eigenvalue weighted by molar-refractivity contribution is 5.35. The van der Waals surface area contributed by atoms with Crippen molar-refractivity contribution in [3.8, 4) is 0 Å². The van der Waals surface area contributed by atoms with Gasteiger partial charge >= 0.3 is 0 Å². The summed E-state index contributed by atoms with van der Waals surface area (Å²) in [6.45, 7) is 13.7. The lowest BCUT2D eigenvalue weighted by Gasteiger charge is -2.51. The minimum absolute atomic E-state index is 0.0682. The summed E-state index contributed by atoms with van der Waals surface area (Å²) in [4.78, 5) is 0. The van der Waals surface area contributed by atoms with Crippen LogP contribution >= 0.6 is 0 Å². The van der Waals surface area contributed by atoms with Crippen molar-refractivity contribution in [2.75, 3.05) is 0 Å². The fourth-order valence-corrected chi connectivity index (χ4v) is 5.45. The molecule has 3 aliphatic carbocycles. The maximum absolute atomic E-state index is 10.9. The van der Waals surface area contributed by atoms with Crippen LogP contribution in [0.4, 0.5) is 0 Å². The van der Waals surface area contributed by atoms with Crippen LogP contribution in [-0.4, -0.2) is 11.2 Å². The van der Waals surface area contributed by atoms with Crippen LogP contribution in [-0.2, 0) is 0 Å². The molecule has 2 fully saturated rings. The van der Waals surface area contributed by atoms with Crippen LogP contribution in [0.25, 0.3) is 0 Å². The summed E-state index contributed by atoms with van der Waals surface area (Å²) in [6.07, 6.45) is 7.96. The SMILES string of the molecule is C=C1CC[C@H]2C3=C(C(C)C)CC[C@]3(C)CC[C@@]2(C)[C@H](O)C1. The molecule has 0 heterocycles. The highest BCUT2D eigenvalue weighted by atomic mass is 16.3. The number of hydrogen-bond donors (Lipinski definition) is 1. The summed E-state index contributed by atoms with van der Waals surface area (Å²) in [5, 5.41) is 10.9. The Morgan fingerprint density at radius 2 is 1.86 bits per heavy atom. The smallest absolute Gasteiger partial charge is 0.0636 e. The fraction of sp³-hybridized carbons (Fsp3) is 0.800. The van der Waals surface area contributed by atoms with Gasteiger partial charge in [-0.15, -0.1) is 0 Å². The Morgan fingerprint density at radius 3 is 2.52 bits per heavy atom. The Morgan fingerprint density at radius 1 is 1.14 bits per heavy atom. The van der Waals surface area contributed by atoms with Gasteiger partial charge in [0, 0.05) is 5.41 Å². The average Bonchev–Trinajstić information content (AvgIpc) is 2.70. The zero-order valence-electron chi connectivity index (χ0n) is 14.3. The molecule has 1 heteroatoms. The Bertz CT molecular complexity index is 486. The van der Waals surface area contributed by atoms with Gasteiger partial charge in [-0.25, -0.2) is 0 Å². The lowest BCUT2D eigenvalue weighted by molar-refractivity contribution is -0.0283.